The molecule has 7 aliphatic rings. The van der Waals surface area contributed by atoms with Gasteiger partial charge in [0.2, 0.25) is 0 Å². The molecule has 2 heterocycles. The lowest BCUT2D eigenvalue weighted by Crippen LogP contribution is -2.66. The van der Waals surface area contributed by atoms with E-state index in [4.69, 9.17) is 18.9 Å². The standard InChI is InChI=1S/C41H64O13/c1-36(2)14-16-41(35(49)50)17-15-39(6)20(21(41)18-36)8-9-24-38(5)12-11-25(37(3,4)23(38)10-13-40(24,39)7)52-34-29(46)30(28(45)31(54-34)32(47)48)53-33-27(44)26(43)22(42)19-51-33/h8,21-31,33-34,42-46H,9-19H2,1-7H3,(H,47,48)(H,49,50)/t21-,22+,23-,24+,25?,26-,27+,28-,29+,30-,31-,33-,34+,38-,39+,40+,41-/m0/s1. The van der Waals surface area contributed by atoms with Crippen molar-refractivity contribution in [3.63, 3.8) is 0 Å². The Morgan fingerprint density at radius 3 is 2.11 bits per heavy atom. The molecular formula is C41H64O13. The zero-order chi connectivity index (χ0) is 39.6. The Morgan fingerprint density at radius 1 is 0.759 bits per heavy atom. The first-order chi connectivity index (χ1) is 25.0. The molecule has 0 aromatic carbocycles. The number of carbonyl (C=O) groups is 2. The molecule has 4 saturated carbocycles. The summed E-state index contributed by atoms with van der Waals surface area (Å²) in [4.78, 5) is 25.3. The fraction of sp³-hybridized carbons (Fsp3) is 0.902. The largest absolute Gasteiger partial charge is 0.481 e. The summed E-state index contributed by atoms with van der Waals surface area (Å²) >= 11 is 0. The van der Waals surface area contributed by atoms with Gasteiger partial charge in [0.25, 0.3) is 0 Å². The second kappa shape index (κ2) is 13.4. The van der Waals surface area contributed by atoms with Gasteiger partial charge in [-0.2, -0.15) is 0 Å². The van der Waals surface area contributed by atoms with Gasteiger partial charge in [-0.15, -0.1) is 0 Å². The SMILES string of the molecule is CC1(C)CC[C@]2(C(=O)O)CC[C@]3(C)C(=CC[C@@H]4[C@@]5(C)CCC(O[C@@H]6O[C@H](C(=O)O)[C@@H](O)[C@H](O[C@@H]7OC[C@@H](O)[C@H](O)[C@H]7O)[C@H]6O)C(C)(C)[C@@H]5CC[C@]43C)[C@@H]2C1. The number of hydrogen-bond acceptors (Lipinski definition) is 11. The van der Waals surface area contributed by atoms with E-state index in [1.54, 1.807) is 0 Å². The lowest BCUT2D eigenvalue weighted by Gasteiger charge is -2.71. The van der Waals surface area contributed by atoms with Crippen LogP contribution in [0.5, 0.6) is 0 Å². The molecule has 54 heavy (non-hydrogen) atoms. The van der Waals surface area contributed by atoms with Crippen LogP contribution in [0.4, 0.5) is 0 Å². The van der Waals surface area contributed by atoms with Gasteiger partial charge in [-0.1, -0.05) is 60.1 Å². The maximum Gasteiger partial charge on any atom is 0.335 e. The van der Waals surface area contributed by atoms with E-state index >= 15 is 0 Å². The molecule has 0 radical (unpaired) electrons. The topological polar surface area (TPSA) is 213 Å². The highest BCUT2D eigenvalue weighted by molar-refractivity contribution is 5.76. The Balaban J connectivity index is 1.13. The summed E-state index contributed by atoms with van der Waals surface area (Å²) in [7, 11) is 0. The van der Waals surface area contributed by atoms with Crippen molar-refractivity contribution in [3.05, 3.63) is 11.6 Å². The molecule has 0 aromatic heterocycles. The Labute approximate surface area is 318 Å². The number of fused-ring (bicyclic) bond motifs is 7. The summed E-state index contributed by atoms with van der Waals surface area (Å²) in [5.41, 5.74) is 0.110. The minimum atomic E-state index is -1.86. The third-order valence-corrected chi connectivity index (χ3v) is 16.8. The zero-order valence-electron chi connectivity index (χ0n) is 32.9. The fourth-order valence-electron chi connectivity index (χ4n) is 13.4. The van der Waals surface area contributed by atoms with E-state index in [2.05, 4.69) is 54.5 Å². The van der Waals surface area contributed by atoms with Gasteiger partial charge in [0.15, 0.2) is 18.7 Å². The van der Waals surface area contributed by atoms with Crippen molar-refractivity contribution in [1.82, 2.24) is 0 Å². The van der Waals surface area contributed by atoms with E-state index in [1.165, 1.54) is 5.57 Å². The van der Waals surface area contributed by atoms with Crippen LogP contribution in [0.25, 0.3) is 0 Å². The van der Waals surface area contributed by atoms with Crippen molar-refractivity contribution in [3.8, 4) is 0 Å². The number of hydrogen-bond donors (Lipinski definition) is 7. The number of allylic oxidation sites excluding steroid dienone is 2. The molecule has 17 atom stereocenters. The lowest BCUT2D eigenvalue weighted by molar-refractivity contribution is -0.357. The third kappa shape index (κ3) is 5.88. The summed E-state index contributed by atoms with van der Waals surface area (Å²) in [6, 6.07) is 0. The van der Waals surface area contributed by atoms with Crippen LogP contribution in [-0.4, -0.2) is 116 Å². The molecule has 7 N–H and O–H groups in total. The average Bonchev–Trinajstić information content (AvgIpc) is 3.08. The second-order valence-corrected chi connectivity index (χ2v) is 20.3. The molecule has 0 spiro atoms. The number of ether oxygens (including phenoxy) is 4. The van der Waals surface area contributed by atoms with Crippen LogP contribution in [-0.2, 0) is 28.5 Å². The molecule has 0 amide bonds. The number of carboxylic acids is 2. The van der Waals surface area contributed by atoms with Crippen LogP contribution in [0.3, 0.4) is 0 Å². The van der Waals surface area contributed by atoms with Crippen LogP contribution in [0, 0.1) is 50.2 Å². The van der Waals surface area contributed by atoms with Crippen LogP contribution >= 0.6 is 0 Å². The second-order valence-electron chi connectivity index (χ2n) is 20.3. The molecule has 1 unspecified atom stereocenters. The minimum absolute atomic E-state index is 0.0359. The minimum Gasteiger partial charge on any atom is -0.481 e. The summed E-state index contributed by atoms with van der Waals surface area (Å²) in [6.07, 6.45) is -4.35. The Kier molecular flexibility index (Phi) is 10.1. The van der Waals surface area contributed by atoms with Crippen LogP contribution in [0.2, 0.25) is 0 Å². The monoisotopic (exact) mass is 764 g/mol. The molecule has 306 valence electrons. The molecule has 2 saturated heterocycles. The third-order valence-electron chi connectivity index (χ3n) is 16.8. The number of aliphatic hydroxyl groups is 5. The normalized spacial score (nSPS) is 52.4. The van der Waals surface area contributed by atoms with E-state index in [0.29, 0.717) is 18.8 Å². The zero-order valence-corrected chi connectivity index (χ0v) is 32.9. The molecule has 0 bridgehead atoms. The first-order valence-electron chi connectivity index (χ1n) is 20.2. The van der Waals surface area contributed by atoms with Gasteiger partial charge >= 0.3 is 11.9 Å². The van der Waals surface area contributed by atoms with E-state index in [1.807, 2.05) is 0 Å². The average molecular weight is 765 g/mol. The van der Waals surface area contributed by atoms with E-state index < -0.39 is 84.2 Å². The maximum atomic E-state index is 13.0. The van der Waals surface area contributed by atoms with Crippen molar-refractivity contribution in [1.29, 1.82) is 0 Å². The van der Waals surface area contributed by atoms with Crippen LogP contribution < -0.4 is 0 Å². The lowest BCUT2D eigenvalue weighted by atomic mass is 9.33. The molecule has 13 nitrogen and oxygen atoms in total. The van der Waals surface area contributed by atoms with Gasteiger partial charge in [0.05, 0.1) is 18.1 Å². The highest BCUT2D eigenvalue weighted by Gasteiger charge is 2.69. The summed E-state index contributed by atoms with van der Waals surface area (Å²) in [6.45, 7) is 15.9. The summed E-state index contributed by atoms with van der Waals surface area (Å²) in [5, 5.41) is 73.6. The molecule has 7 rings (SSSR count). The molecule has 13 heteroatoms. The van der Waals surface area contributed by atoms with Crippen LogP contribution in [0.15, 0.2) is 11.6 Å². The highest BCUT2D eigenvalue weighted by atomic mass is 16.7. The van der Waals surface area contributed by atoms with Crippen molar-refractivity contribution in [2.24, 2.45) is 50.2 Å². The van der Waals surface area contributed by atoms with E-state index in [0.717, 1.165) is 51.4 Å². The number of rotatable bonds is 6. The summed E-state index contributed by atoms with van der Waals surface area (Å²) < 4.78 is 23.3. The summed E-state index contributed by atoms with van der Waals surface area (Å²) in [5.74, 6) is -1.53. The number of aliphatic hydroxyl groups excluding tert-OH is 5. The molecule has 6 fully saturated rings. The highest BCUT2D eigenvalue weighted by Crippen LogP contribution is 2.76. The maximum absolute atomic E-state index is 13.0. The predicted molar refractivity (Wildman–Crippen MR) is 192 cm³/mol. The molecular weight excluding hydrogens is 700 g/mol. The van der Waals surface area contributed by atoms with Gasteiger partial charge in [-0.3, -0.25) is 4.79 Å². The number of carboxylic acid groups (broad SMARTS) is 2. The molecule has 2 aliphatic heterocycles. The Morgan fingerprint density at radius 2 is 1.44 bits per heavy atom. The fourth-order valence-corrected chi connectivity index (χ4v) is 13.4. The van der Waals surface area contributed by atoms with Crippen molar-refractivity contribution in [2.45, 2.75) is 174 Å². The first kappa shape index (κ1) is 40.5. The molecule has 0 aromatic rings. The van der Waals surface area contributed by atoms with Gasteiger partial charge in [-0.25, -0.2) is 4.79 Å². The van der Waals surface area contributed by atoms with Gasteiger partial charge in [-0.05, 0) is 109 Å². The van der Waals surface area contributed by atoms with Gasteiger partial charge in [0.1, 0.15) is 36.6 Å². The quantitative estimate of drug-likeness (QED) is 0.152. The van der Waals surface area contributed by atoms with Crippen molar-refractivity contribution in [2.75, 3.05) is 6.61 Å². The smallest absolute Gasteiger partial charge is 0.335 e. The van der Waals surface area contributed by atoms with E-state index in [9.17, 15) is 45.3 Å². The Hall–Kier alpha value is -1.68. The number of aliphatic carboxylic acids is 2. The van der Waals surface area contributed by atoms with Crippen molar-refractivity contribution >= 4 is 11.9 Å². The Bertz CT molecular complexity index is 1510. The van der Waals surface area contributed by atoms with Crippen LogP contribution in [0.1, 0.15) is 113 Å². The van der Waals surface area contributed by atoms with Gasteiger partial charge in [0, 0.05) is 0 Å². The predicted octanol–water partition coefficient (Wildman–Crippen LogP) is 3.61. The van der Waals surface area contributed by atoms with Crippen molar-refractivity contribution < 1.29 is 64.3 Å². The first-order valence-corrected chi connectivity index (χ1v) is 20.2. The van der Waals surface area contributed by atoms with Gasteiger partial charge < -0.3 is 54.7 Å². The van der Waals surface area contributed by atoms with E-state index in [-0.39, 0.29) is 40.1 Å². The molecule has 5 aliphatic carbocycles.